The first-order valence-electron chi connectivity index (χ1n) is 9.19. The van der Waals surface area contributed by atoms with Gasteiger partial charge < -0.3 is 13.9 Å². The molecule has 0 saturated heterocycles. The molecule has 3 atom stereocenters. The fourth-order valence-corrected chi connectivity index (χ4v) is 3.85. The molecule has 29 heavy (non-hydrogen) atoms. The predicted molar refractivity (Wildman–Crippen MR) is 101 cm³/mol. The third-order valence-electron chi connectivity index (χ3n) is 5.36. The maximum Gasteiger partial charge on any atom is 0.336 e. The van der Waals surface area contributed by atoms with E-state index in [0.717, 1.165) is 0 Å². The van der Waals surface area contributed by atoms with Crippen LogP contribution < -0.4 is 10.4 Å². The predicted octanol–water partition coefficient (Wildman–Crippen LogP) is 2.35. The lowest BCUT2D eigenvalue weighted by Crippen LogP contribution is -2.27. The molecule has 0 spiro atoms. The first-order chi connectivity index (χ1) is 13.8. The highest BCUT2D eigenvalue weighted by atomic mass is 16.6. The van der Waals surface area contributed by atoms with E-state index < -0.39 is 28.4 Å². The number of Topliss-reactive ketones (excluding diaryl/α,β-unsaturated/α-hetero) is 1. The molecule has 1 aliphatic carbocycles. The van der Waals surface area contributed by atoms with Crippen molar-refractivity contribution in [1.29, 1.82) is 0 Å². The zero-order chi connectivity index (χ0) is 21.1. The van der Waals surface area contributed by atoms with E-state index in [9.17, 15) is 24.5 Å². The van der Waals surface area contributed by atoms with Crippen LogP contribution in [0.4, 0.5) is 0 Å². The number of ketones is 1. The number of nitrogens with zero attached hydrogens (tertiary/aromatic N) is 1. The van der Waals surface area contributed by atoms with E-state index in [1.807, 2.05) is 0 Å². The Morgan fingerprint density at radius 3 is 2.76 bits per heavy atom. The fourth-order valence-electron chi connectivity index (χ4n) is 3.85. The molecule has 1 heterocycles. The molecule has 3 rings (SSSR count). The van der Waals surface area contributed by atoms with Crippen molar-refractivity contribution in [2.75, 3.05) is 13.7 Å². The molecule has 2 aromatic rings. The van der Waals surface area contributed by atoms with Gasteiger partial charge in [0.1, 0.15) is 23.7 Å². The normalized spacial score (nSPS) is 21.3. The van der Waals surface area contributed by atoms with Gasteiger partial charge in [-0.3, -0.25) is 19.7 Å². The molecule has 1 fully saturated rings. The van der Waals surface area contributed by atoms with Crippen molar-refractivity contribution in [2.45, 2.75) is 26.4 Å². The molecule has 0 N–H and O–H groups in total. The zero-order valence-corrected chi connectivity index (χ0v) is 16.1. The number of esters is 1. The number of methoxy groups -OCH3 is 1. The SMILES string of the molecule is COc1ccc2c(COC(=O)C[C@H]3C(=O)C[C@@H](C)[C@H]3C[N+](=O)[O-])cc(=O)oc2c1. The Kier molecular flexibility index (Phi) is 5.95. The average Bonchev–Trinajstić information content (AvgIpc) is 2.91. The summed E-state index contributed by atoms with van der Waals surface area (Å²) in [6, 6.07) is 6.17. The van der Waals surface area contributed by atoms with Crippen molar-refractivity contribution in [1.82, 2.24) is 0 Å². The van der Waals surface area contributed by atoms with Crippen LogP contribution in [-0.4, -0.2) is 30.3 Å². The molecule has 9 nitrogen and oxygen atoms in total. The van der Waals surface area contributed by atoms with Crippen LogP contribution in [0.3, 0.4) is 0 Å². The summed E-state index contributed by atoms with van der Waals surface area (Å²) in [6.45, 7) is 1.25. The first kappa shape index (κ1) is 20.5. The van der Waals surface area contributed by atoms with Crippen molar-refractivity contribution in [3.63, 3.8) is 0 Å². The standard InChI is InChI=1S/C20H21NO8/c1-11-5-17(22)15(16(11)9-21(25)26)8-19(23)28-10-12-6-20(24)29-18-7-13(27-2)3-4-14(12)18/h3-4,6-7,11,15-16H,5,8-10H2,1-2H3/t11-,15-,16-/m1/s1. The topological polar surface area (TPSA) is 126 Å². The molecule has 1 saturated carbocycles. The van der Waals surface area contributed by atoms with E-state index in [2.05, 4.69) is 0 Å². The molecule has 0 unspecified atom stereocenters. The lowest BCUT2D eigenvalue weighted by Gasteiger charge is -2.17. The van der Waals surface area contributed by atoms with E-state index in [0.29, 0.717) is 22.3 Å². The molecule has 0 radical (unpaired) electrons. The highest BCUT2D eigenvalue weighted by Gasteiger charge is 2.44. The number of rotatable bonds is 7. The molecular formula is C20H21NO8. The van der Waals surface area contributed by atoms with Crippen molar-refractivity contribution < 1.29 is 28.4 Å². The van der Waals surface area contributed by atoms with E-state index >= 15 is 0 Å². The second kappa shape index (κ2) is 8.42. The summed E-state index contributed by atoms with van der Waals surface area (Å²) in [4.78, 5) is 46.7. The fraction of sp³-hybridized carbons (Fsp3) is 0.450. The summed E-state index contributed by atoms with van der Waals surface area (Å²) in [7, 11) is 1.49. The number of hydrogen-bond donors (Lipinski definition) is 0. The highest BCUT2D eigenvalue weighted by Crippen LogP contribution is 2.36. The van der Waals surface area contributed by atoms with Crippen LogP contribution in [0.25, 0.3) is 11.0 Å². The van der Waals surface area contributed by atoms with Crippen LogP contribution >= 0.6 is 0 Å². The Bertz CT molecular complexity index is 1010. The number of carbonyl (C=O) groups excluding carboxylic acids is 2. The zero-order valence-electron chi connectivity index (χ0n) is 16.1. The highest BCUT2D eigenvalue weighted by molar-refractivity contribution is 5.88. The second-order valence-corrected chi connectivity index (χ2v) is 7.25. The van der Waals surface area contributed by atoms with Crippen LogP contribution in [0, 0.1) is 27.9 Å². The van der Waals surface area contributed by atoms with Gasteiger partial charge in [-0.15, -0.1) is 0 Å². The van der Waals surface area contributed by atoms with Crippen LogP contribution in [-0.2, 0) is 20.9 Å². The molecule has 0 bridgehead atoms. The summed E-state index contributed by atoms with van der Waals surface area (Å²) in [5, 5.41) is 11.5. The van der Waals surface area contributed by atoms with Crippen LogP contribution in [0.15, 0.2) is 33.5 Å². The third kappa shape index (κ3) is 4.61. The average molecular weight is 403 g/mol. The Morgan fingerprint density at radius 1 is 1.31 bits per heavy atom. The maximum atomic E-state index is 12.3. The van der Waals surface area contributed by atoms with Gasteiger partial charge in [-0.2, -0.15) is 0 Å². The lowest BCUT2D eigenvalue weighted by molar-refractivity contribution is -0.490. The van der Waals surface area contributed by atoms with Gasteiger partial charge in [0.25, 0.3) is 0 Å². The third-order valence-corrected chi connectivity index (χ3v) is 5.36. The Balaban J connectivity index is 1.71. The number of benzene rings is 1. The van der Waals surface area contributed by atoms with Gasteiger partial charge in [0, 0.05) is 46.3 Å². The number of hydrogen-bond acceptors (Lipinski definition) is 8. The summed E-state index contributed by atoms with van der Waals surface area (Å²) < 4.78 is 15.5. The van der Waals surface area contributed by atoms with Gasteiger partial charge in [-0.25, -0.2) is 4.79 Å². The molecular weight excluding hydrogens is 382 g/mol. The van der Waals surface area contributed by atoms with Crippen molar-refractivity contribution in [3.8, 4) is 5.75 Å². The van der Waals surface area contributed by atoms with Gasteiger partial charge in [0.15, 0.2) is 0 Å². The van der Waals surface area contributed by atoms with Crippen LogP contribution in [0.5, 0.6) is 5.75 Å². The van der Waals surface area contributed by atoms with Gasteiger partial charge in [0.05, 0.1) is 13.5 Å². The van der Waals surface area contributed by atoms with Crippen molar-refractivity contribution in [3.05, 3.63) is 50.4 Å². The minimum atomic E-state index is -0.718. The first-order valence-corrected chi connectivity index (χ1v) is 9.19. The second-order valence-electron chi connectivity index (χ2n) is 7.25. The Morgan fingerprint density at radius 2 is 2.07 bits per heavy atom. The van der Waals surface area contributed by atoms with Crippen molar-refractivity contribution >= 4 is 22.7 Å². The molecule has 0 amide bonds. The maximum absolute atomic E-state index is 12.3. The molecule has 1 aromatic carbocycles. The molecule has 1 aromatic heterocycles. The Labute approximate surface area is 165 Å². The van der Waals surface area contributed by atoms with Crippen LogP contribution in [0.2, 0.25) is 0 Å². The minimum Gasteiger partial charge on any atom is -0.497 e. The van der Waals surface area contributed by atoms with Crippen molar-refractivity contribution in [2.24, 2.45) is 17.8 Å². The molecule has 1 aliphatic rings. The summed E-state index contributed by atoms with van der Waals surface area (Å²) in [6.07, 6.45) is 0.0114. The molecule has 154 valence electrons. The molecule has 9 heteroatoms. The van der Waals surface area contributed by atoms with Gasteiger partial charge >= 0.3 is 11.6 Å². The summed E-state index contributed by atoms with van der Waals surface area (Å²) in [5.74, 6) is -1.63. The monoisotopic (exact) mass is 403 g/mol. The Hall–Kier alpha value is -3.23. The van der Waals surface area contributed by atoms with E-state index in [1.54, 1.807) is 25.1 Å². The summed E-state index contributed by atoms with van der Waals surface area (Å²) >= 11 is 0. The van der Waals surface area contributed by atoms with Crippen LogP contribution in [0.1, 0.15) is 25.3 Å². The quantitative estimate of drug-likeness (QED) is 0.298. The van der Waals surface area contributed by atoms with E-state index in [-0.39, 0.29) is 37.7 Å². The van der Waals surface area contributed by atoms with E-state index in [4.69, 9.17) is 13.9 Å². The smallest absolute Gasteiger partial charge is 0.336 e. The minimum absolute atomic E-state index is 0.150. The number of carbonyl (C=O) groups is 2. The molecule has 0 aliphatic heterocycles. The number of ether oxygens (including phenoxy) is 2. The van der Waals surface area contributed by atoms with E-state index in [1.165, 1.54) is 13.2 Å². The lowest BCUT2D eigenvalue weighted by atomic mass is 9.88. The number of nitro groups is 1. The van der Waals surface area contributed by atoms with Gasteiger partial charge in [-0.1, -0.05) is 6.92 Å². The van der Waals surface area contributed by atoms with Gasteiger partial charge in [-0.05, 0) is 18.1 Å². The summed E-state index contributed by atoms with van der Waals surface area (Å²) in [5.41, 5.74) is 0.164. The largest absolute Gasteiger partial charge is 0.497 e. The number of fused-ring (bicyclic) bond motifs is 1. The van der Waals surface area contributed by atoms with Gasteiger partial charge in [0.2, 0.25) is 6.54 Å².